The van der Waals surface area contributed by atoms with E-state index in [9.17, 15) is 18.6 Å². The summed E-state index contributed by atoms with van der Waals surface area (Å²) in [5.74, 6) is -0.217. The number of fused-ring (bicyclic) bond motifs is 1. The molecule has 0 spiro atoms. The first-order valence-electron chi connectivity index (χ1n) is 13.8. The minimum absolute atomic E-state index is 0.0172. The summed E-state index contributed by atoms with van der Waals surface area (Å²) in [6.07, 6.45) is 5.48. The number of nitrogens with one attached hydrogen (secondary N) is 3. The molecule has 1 aliphatic heterocycles. The Labute approximate surface area is 241 Å². The van der Waals surface area contributed by atoms with Gasteiger partial charge in [0, 0.05) is 36.9 Å². The highest BCUT2D eigenvalue weighted by molar-refractivity contribution is 7.93. The van der Waals surface area contributed by atoms with Gasteiger partial charge in [0.1, 0.15) is 10.6 Å². The number of rotatable bonds is 11. The second-order valence-corrected chi connectivity index (χ2v) is 12.7. The number of aromatic nitrogens is 2. The molecular weight excluding hydrogens is 538 g/mol. The summed E-state index contributed by atoms with van der Waals surface area (Å²) >= 11 is 0. The van der Waals surface area contributed by atoms with Gasteiger partial charge in [0.25, 0.3) is 10.0 Å². The smallest absolute Gasteiger partial charge is 0.264 e. The summed E-state index contributed by atoms with van der Waals surface area (Å²) in [6.45, 7) is 5.84. The van der Waals surface area contributed by atoms with Crippen molar-refractivity contribution in [2.75, 3.05) is 23.1 Å². The Morgan fingerprint density at radius 1 is 1.10 bits per heavy atom. The van der Waals surface area contributed by atoms with E-state index in [2.05, 4.69) is 38.8 Å². The summed E-state index contributed by atoms with van der Waals surface area (Å²) in [5.41, 5.74) is 3.75. The van der Waals surface area contributed by atoms with Crippen molar-refractivity contribution >= 4 is 21.4 Å². The van der Waals surface area contributed by atoms with Crippen LogP contribution in [-0.4, -0.2) is 46.8 Å². The van der Waals surface area contributed by atoms with Crippen molar-refractivity contribution in [1.82, 2.24) is 14.9 Å². The second kappa shape index (κ2) is 11.9. The van der Waals surface area contributed by atoms with Crippen molar-refractivity contribution in [3.05, 3.63) is 90.4 Å². The van der Waals surface area contributed by atoms with Gasteiger partial charge in [-0.05, 0) is 62.4 Å². The number of benzene rings is 3. The molecule has 9 nitrogen and oxygen atoms in total. The number of β-amino-alcohol motifs (C(OH)–C–C–N with tert-alkyl or cyclic N) is 1. The van der Waals surface area contributed by atoms with Crippen LogP contribution in [0.2, 0.25) is 0 Å². The van der Waals surface area contributed by atoms with Gasteiger partial charge >= 0.3 is 0 Å². The van der Waals surface area contributed by atoms with Gasteiger partial charge in [-0.1, -0.05) is 48.5 Å². The number of hydrogen-bond acceptors (Lipinski definition) is 7. The zero-order chi connectivity index (χ0) is 29.0. The van der Waals surface area contributed by atoms with Crippen LogP contribution in [0.4, 0.5) is 11.4 Å². The third kappa shape index (κ3) is 6.90. The Kier molecular flexibility index (Phi) is 8.35. The van der Waals surface area contributed by atoms with Crippen LogP contribution < -0.4 is 15.4 Å². The molecule has 2 heterocycles. The van der Waals surface area contributed by atoms with Crippen LogP contribution in [0.1, 0.15) is 43.9 Å². The van der Waals surface area contributed by atoms with Crippen LogP contribution in [0.5, 0.6) is 5.75 Å². The Balaban J connectivity index is 1.21. The van der Waals surface area contributed by atoms with Gasteiger partial charge in [0.15, 0.2) is 0 Å². The van der Waals surface area contributed by atoms with Crippen molar-refractivity contribution in [3.8, 4) is 17.0 Å². The highest BCUT2D eigenvalue weighted by Crippen LogP contribution is 2.34. The fraction of sp³-hybridized carbons (Fsp3) is 0.323. The number of anilines is 2. The van der Waals surface area contributed by atoms with E-state index in [1.54, 1.807) is 18.2 Å². The lowest BCUT2D eigenvalue weighted by Gasteiger charge is -2.28. The first-order chi connectivity index (χ1) is 19.6. The molecule has 0 saturated carbocycles. The molecule has 1 aromatic heterocycles. The third-order valence-electron chi connectivity index (χ3n) is 7.45. The van der Waals surface area contributed by atoms with E-state index in [1.165, 1.54) is 12.1 Å². The normalized spacial score (nSPS) is 14.2. The van der Waals surface area contributed by atoms with E-state index in [0.29, 0.717) is 17.8 Å². The standard InChI is InChI=1S/C31H37N5O4S/c1-31(2,15-17-36-20-26(33-21-36)22-8-4-3-5-9-22)34-19-28(38)24-13-14-27(37)25(18-24)35-41(39,40)29-12-6-10-23-11-7-16-32-30(23)29/h3-6,8-10,12-14,18,20-21,28,32,34-35,37-38H,7,11,15-17,19H2,1-2H3/t28-/m0/s1. The number of para-hydroxylation sites is 1. The van der Waals surface area contributed by atoms with Crippen molar-refractivity contribution in [3.63, 3.8) is 0 Å². The molecule has 3 aromatic carbocycles. The van der Waals surface area contributed by atoms with Gasteiger partial charge < -0.3 is 25.4 Å². The largest absolute Gasteiger partial charge is 0.506 e. The second-order valence-electron chi connectivity index (χ2n) is 11.1. The van der Waals surface area contributed by atoms with Crippen LogP contribution >= 0.6 is 0 Å². The van der Waals surface area contributed by atoms with E-state index in [0.717, 1.165) is 42.6 Å². The monoisotopic (exact) mass is 575 g/mol. The first-order valence-corrected chi connectivity index (χ1v) is 15.3. The van der Waals surface area contributed by atoms with Gasteiger partial charge in [-0.3, -0.25) is 4.72 Å². The van der Waals surface area contributed by atoms with Gasteiger partial charge in [-0.2, -0.15) is 0 Å². The summed E-state index contributed by atoms with van der Waals surface area (Å²) in [7, 11) is -3.98. The van der Waals surface area contributed by atoms with Gasteiger partial charge in [0.2, 0.25) is 0 Å². The van der Waals surface area contributed by atoms with Gasteiger partial charge in [-0.15, -0.1) is 0 Å². The molecule has 216 valence electrons. The molecule has 0 aliphatic carbocycles. The molecule has 1 atom stereocenters. The number of aromatic hydroxyl groups is 1. The lowest BCUT2D eigenvalue weighted by molar-refractivity contribution is 0.158. The lowest BCUT2D eigenvalue weighted by Crippen LogP contribution is -2.42. The van der Waals surface area contributed by atoms with Gasteiger partial charge in [-0.25, -0.2) is 13.4 Å². The molecule has 0 saturated heterocycles. The molecule has 5 rings (SSSR count). The highest BCUT2D eigenvalue weighted by Gasteiger charge is 2.25. The quantitative estimate of drug-likeness (QED) is 0.161. The van der Waals surface area contributed by atoms with Crippen LogP contribution in [-0.2, 0) is 23.0 Å². The molecule has 0 bridgehead atoms. The summed E-state index contributed by atoms with van der Waals surface area (Å²) in [4.78, 5) is 4.65. The molecule has 5 N–H and O–H groups in total. The van der Waals surface area contributed by atoms with Crippen LogP contribution in [0, 0.1) is 0 Å². The number of nitrogens with zero attached hydrogens (tertiary/aromatic N) is 2. The van der Waals surface area contributed by atoms with Crippen molar-refractivity contribution < 1.29 is 18.6 Å². The minimum atomic E-state index is -3.98. The van der Waals surface area contributed by atoms with Crippen molar-refractivity contribution in [2.45, 2.75) is 56.2 Å². The summed E-state index contributed by atoms with van der Waals surface area (Å²) < 4.78 is 31.2. The van der Waals surface area contributed by atoms with Gasteiger partial charge in [0.05, 0.1) is 29.5 Å². The fourth-order valence-corrected chi connectivity index (χ4v) is 6.26. The number of phenols is 1. The number of hydrogen-bond donors (Lipinski definition) is 5. The molecule has 10 heteroatoms. The molecule has 1 aliphatic rings. The summed E-state index contributed by atoms with van der Waals surface area (Å²) in [5, 5.41) is 28.0. The predicted octanol–water partition coefficient (Wildman–Crippen LogP) is 4.91. The topological polar surface area (TPSA) is 129 Å². The van der Waals surface area contributed by atoms with Crippen LogP contribution in [0.15, 0.2) is 84.1 Å². The summed E-state index contributed by atoms with van der Waals surface area (Å²) in [6, 6.07) is 19.7. The number of aryl methyl sites for hydroxylation is 2. The molecule has 4 aromatic rings. The molecule has 0 radical (unpaired) electrons. The maximum Gasteiger partial charge on any atom is 0.264 e. The van der Waals surface area contributed by atoms with E-state index < -0.39 is 16.1 Å². The highest BCUT2D eigenvalue weighted by atomic mass is 32.2. The van der Waals surface area contributed by atoms with Crippen LogP contribution in [0.3, 0.4) is 0 Å². The molecule has 41 heavy (non-hydrogen) atoms. The third-order valence-corrected chi connectivity index (χ3v) is 8.86. The average molecular weight is 576 g/mol. The molecular formula is C31H37N5O4S. The zero-order valence-electron chi connectivity index (χ0n) is 23.3. The Hall–Kier alpha value is -3.86. The Bertz CT molecular complexity index is 1600. The van der Waals surface area contributed by atoms with E-state index in [4.69, 9.17) is 0 Å². The molecule has 0 fully saturated rings. The number of aliphatic hydroxyl groups excluding tert-OH is 1. The minimum Gasteiger partial charge on any atom is -0.506 e. The number of phenolic OH excluding ortho intramolecular Hbond substituents is 1. The maximum absolute atomic E-state index is 13.3. The average Bonchev–Trinajstić information content (AvgIpc) is 3.45. The van der Waals surface area contributed by atoms with E-state index in [1.807, 2.05) is 48.9 Å². The first kappa shape index (κ1) is 28.7. The Morgan fingerprint density at radius 3 is 2.71 bits per heavy atom. The van der Waals surface area contributed by atoms with E-state index >= 15 is 0 Å². The predicted molar refractivity (Wildman–Crippen MR) is 161 cm³/mol. The number of aliphatic hydroxyl groups is 1. The van der Waals surface area contributed by atoms with E-state index in [-0.39, 0.29) is 28.4 Å². The van der Waals surface area contributed by atoms with Crippen molar-refractivity contribution in [1.29, 1.82) is 0 Å². The Morgan fingerprint density at radius 2 is 1.90 bits per heavy atom. The molecule has 0 amide bonds. The fourth-order valence-electron chi connectivity index (χ4n) is 4.97. The van der Waals surface area contributed by atoms with Crippen molar-refractivity contribution in [2.24, 2.45) is 0 Å². The van der Waals surface area contributed by atoms with Crippen LogP contribution in [0.25, 0.3) is 11.3 Å². The molecule has 0 unspecified atom stereocenters. The zero-order valence-corrected chi connectivity index (χ0v) is 24.2. The number of imidazole rings is 1. The lowest BCUT2D eigenvalue weighted by atomic mass is 9.99. The SMILES string of the molecule is CC(C)(CCn1cnc(-c2ccccc2)c1)NC[C@H](O)c1ccc(O)c(NS(=O)(=O)c2cccc3c2NCCC3)c1. The number of sulfonamides is 1. The maximum atomic E-state index is 13.3.